The smallest absolute Gasteiger partial charge is 0.362 e. The van der Waals surface area contributed by atoms with E-state index in [9.17, 15) is 14.7 Å². The van der Waals surface area contributed by atoms with E-state index in [1.807, 2.05) is 37.4 Å². The third-order valence-corrected chi connectivity index (χ3v) is 4.09. The van der Waals surface area contributed by atoms with Gasteiger partial charge in [-0.1, -0.05) is 30.3 Å². The summed E-state index contributed by atoms with van der Waals surface area (Å²) in [6.07, 6.45) is 1.38. The van der Waals surface area contributed by atoms with Crippen molar-refractivity contribution in [2.45, 2.75) is 24.9 Å². The molecule has 3 N–H and O–H groups in total. The lowest BCUT2D eigenvalue weighted by molar-refractivity contribution is -0.933. The van der Waals surface area contributed by atoms with Gasteiger partial charge in [-0.05, 0) is 0 Å². The molecule has 5 nitrogen and oxygen atoms in total. The SMILES string of the molecule is C[N+]1([C@@H](C(N)=O)c2ccccc2)CCC[C@H]1C(=O)O. The molecule has 0 saturated carbocycles. The van der Waals surface area contributed by atoms with Crippen LogP contribution in [0.5, 0.6) is 0 Å². The number of carboxylic acid groups (broad SMARTS) is 1. The maximum Gasteiger partial charge on any atom is 0.362 e. The number of carbonyl (C=O) groups is 2. The second kappa shape index (κ2) is 5.01. The van der Waals surface area contributed by atoms with Gasteiger partial charge in [0.25, 0.3) is 5.91 Å². The van der Waals surface area contributed by atoms with Crippen molar-refractivity contribution in [3.05, 3.63) is 35.9 Å². The summed E-state index contributed by atoms with van der Waals surface area (Å²) in [7, 11) is 1.81. The van der Waals surface area contributed by atoms with Crippen molar-refractivity contribution >= 4 is 11.9 Å². The Kier molecular flexibility index (Phi) is 3.57. The van der Waals surface area contributed by atoms with E-state index in [2.05, 4.69) is 0 Å². The molecule has 2 rings (SSSR count). The maximum absolute atomic E-state index is 11.9. The number of carbonyl (C=O) groups excluding carboxylic acids is 1. The van der Waals surface area contributed by atoms with Crippen LogP contribution in [0.2, 0.25) is 0 Å². The minimum absolute atomic E-state index is 0.161. The molecule has 1 saturated heterocycles. The number of hydrogen-bond donors (Lipinski definition) is 2. The molecule has 0 radical (unpaired) electrons. The van der Waals surface area contributed by atoms with Gasteiger partial charge >= 0.3 is 5.97 Å². The van der Waals surface area contributed by atoms with Gasteiger partial charge in [0, 0.05) is 18.4 Å². The molecule has 1 fully saturated rings. The van der Waals surface area contributed by atoms with Crippen LogP contribution >= 0.6 is 0 Å². The van der Waals surface area contributed by atoms with Crippen LogP contribution in [0.4, 0.5) is 0 Å². The van der Waals surface area contributed by atoms with Crippen LogP contribution in [0.1, 0.15) is 24.4 Å². The predicted octanol–water partition coefficient (Wildman–Crippen LogP) is 0.907. The second-order valence-corrected chi connectivity index (χ2v) is 5.28. The average Bonchev–Trinajstić information content (AvgIpc) is 2.72. The number of aliphatic carboxylic acids is 1. The van der Waals surface area contributed by atoms with Crippen molar-refractivity contribution in [2.75, 3.05) is 13.6 Å². The fourth-order valence-corrected chi connectivity index (χ4v) is 3.19. The van der Waals surface area contributed by atoms with Crippen molar-refractivity contribution in [2.24, 2.45) is 5.73 Å². The molecular weight excluding hydrogens is 244 g/mol. The summed E-state index contributed by atoms with van der Waals surface area (Å²) in [5.41, 5.74) is 6.33. The molecule has 1 aromatic rings. The van der Waals surface area contributed by atoms with E-state index in [-0.39, 0.29) is 4.48 Å². The Morgan fingerprint density at radius 3 is 2.53 bits per heavy atom. The number of nitrogens with two attached hydrogens (primary N) is 1. The molecule has 0 aromatic heterocycles. The molecule has 3 atom stereocenters. The van der Waals surface area contributed by atoms with Gasteiger partial charge in [-0.2, -0.15) is 0 Å². The van der Waals surface area contributed by atoms with E-state index in [4.69, 9.17) is 5.73 Å². The number of carboxylic acids is 1. The molecule has 0 bridgehead atoms. The van der Waals surface area contributed by atoms with Crippen LogP contribution in [-0.2, 0) is 9.59 Å². The molecule has 19 heavy (non-hydrogen) atoms. The zero-order valence-corrected chi connectivity index (χ0v) is 11.0. The van der Waals surface area contributed by atoms with E-state index in [0.29, 0.717) is 13.0 Å². The van der Waals surface area contributed by atoms with Crippen molar-refractivity contribution in [3.8, 4) is 0 Å². The number of primary amides is 1. The fraction of sp³-hybridized carbons (Fsp3) is 0.429. The molecule has 1 aliphatic rings. The standard InChI is InChI=1S/C14H18N2O3/c1-16(9-5-8-11(16)14(18)19)12(13(15)17)10-6-3-2-4-7-10/h2-4,6-7,11-12H,5,8-9H2,1H3,(H2-,15,17,18,19)/p+1/t11-,12+,16?/m0/s1. The number of benzene rings is 1. The van der Waals surface area contributed by atoms with Gasteiger partial charge in [-0.15, -0.1) is 0 Å². The Bertz CT molecular complexity index is 489. The van der Waals surface area contributed by atoms with Crippen LogP contribution < -0.4 is 5.73 Å². The number of likely N-dealkylation sites (N-methyl/N-ethyl adjacent to an activating group) is 1. The second-order valence-electron chi connectivity index (χ2n) is 5.28. The predicted molar refractivity (Wildman–Crippen MR) is 70.1 cm³/mol. The highest BCUT2D eigenvalue weighted by molar-refractivity contribution is 5.81. The Balaban J connectivity index is 2.44. The van der Waals surface area contributed by atoms with Gasteiger partial charge in [0.2, 0.25) is 0 Å². The molecule has 102 valence electrons. The maximum atomic E-state index is 11.9. The summed E-state index contributed by atoms with van der Waals surface area (Å²) < 4.78 is 0.161. The first-order valence-corrected chi connectivity index (χ1v) is 6.39. The van der Waals surface area contributed by atoms with Crippen molar-refractivity contribution in [1.82, 2.24) is 0 Å². The summed E-state index contributed by atoms with van der Waals surface area (Å²) in [6.45, 7) is 0.652. The monoisotopic (exact) mass is 263 g/mol. The number of rotatable bonds is 4. The molecule has 0 aliphatic carbocycles. The number of hydrogen-bond acceptors (Lipinski definition) is 2. The fourth-order valence-electron chi connectivity index (χ4n) is 3.19. The van der Waals surface area contributed by atoms with E-state index in [0.717, 1.165) is 12.0 Å². The summed E-state index contributed by atoms with van der Waals surface area (Å²) in [5, 5.41) is 9.36. The minimum atomic E-state index is -0.859. The first-order chi connectivity index (χ1) is 8.97. The number of nitrogens with zero attached hydrogens (tertiary/aromatic N) is 1. The molecule has 1 unspecified atom stereocenters. The van der Waals surface area contributed by atoms with Gasteiger partial charge in [-0.25, -0.2) is 4.79 Å². The van der Waals surface area contributed by atoms with Crippen LogP contribution in [-0.4, -0.2) is 41.1 Å². The van der Waals surface area contributed by atoms with Crippen LogP contribution in [0, 0.1) is 0 Å². The lowest BCUT2D eigenvalue weighted by atomic mass is 10.0. The average molecular weight is 263 g/mol. The zero-order valence-electron chi connectivity index (χ0n) is 11.0. The normalized spacial score (nSPS) is 27.9. The first kappa shape index (κ1) is 13.5. The van der Waals surface area contributed by atoms with Gasteiger partial charge in [0.05, 0.1) is 13.6 Å². The number of likely N-dealkylation sites (tertiary alicyclic amines) is 1. The van der Waals surface area contributed by atoms with Gasteiger partial charge in [0.15, 0.2) is 12.1 Å². The molecule has 1 aliphatic heterocycles. The van der Waals surface area contributed by atoms with E-state index < -0.39 is 24.0 Å². The van der Waals surface area contributed by atoms with Crippen LogP contribution in [0.3, 0.4) is 0 Å². The first-order valence-electron chi connectivity index (χ1n) is 6.39. The lowest BCUT2D eigenvalue weighted by Crippen LogP contribution is -2.57. The topological polar surface area (TPSA) is 80.4 Å². The zero-order chi connectivity index (χ0) is 14.0. The van der Waals surface area contributed by atoms with Crippen molar-refractivity contribution < 1.29 is 19.2 Å². The summed E-state index contributed by atoms with van der Waals surface area (Å²) in [4.78, 5) is 23.3. The molecular formula is C14H19N2O3+. The number of quaternary nitrogens is 1. The Labute approximate surface area is 112 Å². The summed E-state index contributed by atoms with van der Waals surface area (Å²) in [5.74, 6) is -1.33. The highest BCUT2D eigenvalue weighted by Gasteiger charge is 2.50. The number of amides is 1. The molecule has 1 amide bonds. The molecule has 1 heterocycles. The van der Waals surface area contributed by atoms with Gasteiger partial charge in [0.1, 0.15) is 0 Å². The van der Waals surface area contributed by atoms with Crippen LogP contribution in [0.25, 0.3) is 0 Å². The molecule has 0 spiro atoms. The Morgan fingerprint density at radius 2 is 2.00 bits per heavy atom. The molecule has 1 aromatic carbocycles. The third-order valence-electron chi connectivity index (χ3n) is 4.09. The molecule has 5 heteroatoms. The highest BCUT2D eigenvalue weighted by Crippen LogP contribution is 2.36. The summed E-state index contributed by atoms with van der Waals surface area (Å²) >= 11 is 0. The van der Waals surface area contributed by atoms with Gasteiger partial charge in [-0.3, -0.25) is 4.79 Å². The Hall–Kier alpha value is -1.88. The van der Waals surface area contributed by atoms with E-state index in [1.165, 1.54) is 0 Å². The van der Waals surface area contributed by atoms with Crippen LogP contribution in [0.15, 0.2) is 30.3 Å². The van der Waals surface area contributed by atoms with Crippen molar-refractivity contribution in [1.29, 1.82) is 0 Å². The van der Waals surface area contributed by atoms with E-state index >= 15 is 0 Å². The van der Waals surface area contributed by atoms with Gasteiger partial charge < -0.3 is 15.3 Å². The largest absolute Gasteiger partial charge is 0.477 e. The quantitative estimate of drug-likeness (QED) is 0.792. The van der Waals surface area contributed by atoms with E-state index in [1.54, 1.807) is 0 Å². The highest BCUT2D eigenvalue weighted by atomic mass is 16.4. The lowest BCUT2D eigenvalue weighted by Gasteiger charge is -2.39. The summed E-state index contributed by atoms with van der Waals surface area (Å²) in [6, 6.07) is 8.02. The third kappa shape index (κ3) is 2.33. The minimum Gasteiger partial charge on any atom is -0.477 e. The van der Waals surface area contributed by atoms with Crippen molar-refractivity contribution in [3.63, 3.8) is 0 Å². The Morgan fingerprint density at radius 1 is 1.37 bits per heavy atom.